The van der Waals surface area contributed by atoms with E-state index >= 15 is 0 Å². The van der Waals surface area contributed by atoms with Crippen LogP contribution in [0.3, 0.4) is 0 Å². The number of ether oxygens (including phenoxy) is 2. The fraction of sp³-hybridized carbons (Fsp3) is 0.308. The van der Waals surface area contributed by atoms with Gasteiger partial charge in [0.2, 0.25) is 0 Å². The average Bonchev–Trinajstić information content (AvgIpc) is 3.02. The third-order valence-corrected chi connectivity index (χ3v) is 6.53. The molecule has 3 aromatic rings. The number of methoxy groups -OCH3 is 1. The molecule has 6 heteroatoms. The lowest BCUT2D eigenvalue weighted by Crippen LogP contribution is -2.35. The van der Waals surface area contributed by atoms with Crippen molar-refractivity contribution in [3.05, 3.63) is 75.3 Å². The third-order valence-electron chi connectivity index (χ3n) is 5.19. The molecule has 32 heavy (non-hydrogen) atoms. The second-order valence-electron chi connectivity index (χ2n) is 8.63. The fourth-order valence-corrected chi connectivity index (χ4v) is 4.73. The largest absolute Gasteiger partial charge is 0.464 e. The Hall–Kier alpha value is -3.12. The zero-order valence-corrected chi connectivity index (χ0v) is 20.4. The van der Waals surface area contributed by atoms with Crippen LogP contribution in [0.4, 0.5) is 4.79 Å². The molecule has 0 spiro atoms. The molecule has 0 aliphatic heterocycles. The monoisotopic (exact) mass is 451 g/mol. The van der Waals surface area contributed by atoms with Crippen molar-refractivity contribution >= 4 is 39.1 Å². The maximum atomic E-state index is 12.9. The number of hydrogen-bond donors (Lipinski definition) is 1. The van der Waals surface area contributed by atoms with Crippen LogP contribution in [0.5, 0.6) is 0 Å². The highest BCUT2D eigenvalue weighted by atomic mass is 32.1. The molecule has 0 fully saturated rings. The number of hydrogen-bond acceptors (Lipinski definition) is 5. The van der Waals surface area contributed by atoms with Crippen LogP contribution in [-0.4, -0.2) is 24.8 Å². The maximum absolute atomic E-state index is 12.9. The molecule has 1 amide bonds. The van der Waals surface area contributed by atoms with E-state index in [1.165, 1.54) is 22.9 Å². The van der Waals surface area contributed by atoms with Gasteiger partial charge in [0.25, 0.3) is 0 Å². The summed E-state index contributed by atoms with van der Waals surface area (Å²) in [6.07, 6.45) is -0.715. The molecule has 3 rings (SSSR count). The molecule has 5 nitrogen and oxygen atoms in total. The molecule has 1 heterocycles. The number of amides is 1. The molecule has 0 saturated carbocycles. The lowest BCUT2D eigenvalue weighted by molar-refractivity contribution is -0.136. The van der Waals surface area contributed by atoms with Gasteiger partial charge < -0.3 is 9.47 Å². The van der Waals surface area contributed by atoms with Crippen molar-refractivity contribution in [1.82, 2.24) is 5.32 Å². The van der Waals surface area contributed by atoms with E-state index in [4.69, 9.17) is 9.47 Å². The normalized spacial score (nSPS) is 12.3. The van der Waals surface area contributed by atoms with E-state index in [0.29, 0.717) is 5.57 Å². The van der Waals surface area contributed by atoms with Crippen molar-refractivity contribution in [1.29, 1.82) is 0 Å². The van der Waals surface area contributed by atoms with Crippen LogP contribution >= 0.6 is 11.3 Å². The molecule has 168 valence electrons. The van der Waals surface area contributed by atoms with Crippen molar-refractivity contribution in [2.24, 2.45) is 0 Å². The van der Waals surface area contributed by atoms with Crippen LogP contribution < -0.4 is 5.32 Å². The van der Waals surface area contributed by atoms with Gasteiger partial charge in [-0.3, -0.25) is 5.32 Å². The van der Waals surface area contributed by atoms with E-state index in [1.807, 2.05) is 43.3 Å². The summed E-state index contributed by atoms with van der Waals surface area (Å²) in [6, 6.07) is 13.6. The average molecular weight is 452 g/mol. The van der Waals surface area contributed by atoms with Crippen molar-refractivity contribution in [3.63, 3.8) is 0 Å². The number of thiophene rings is 1. The predicted octanol–water partition coefficient (Wildman–Crippen LogP) is 6.28. The van der Waals surface area contributed by atoms with Gasteiger partial charge in [-0.2, -0.15) is 0 Å². The SMILES string of the molecule is COC(=O)/C(NC(=O)OC(C)(C)C)=C(\c1ccccc1)c1ccc2c(C)c(C)sc2c1C. The Morgan fingerprint density at radius 2 is 1.59 bits per heavy atom. The third kappa shape index (κ3) is 4.86. The minimum absolute atomic E-state index is 0.0420. The standard InChI is InChI=1S/C26H29NO4S/c1-15-17(3)32-23-16(2)19(13-14-20(15)23)21(18-11-9-8-10-12-18)22(24(28)30-7)27-25(29)31-26(4,5)6/h8-14H,1-7H3,(H,27,29)/b22-21-. The molecule has 0 saturated heterocycles. The Bertz CT molecular complexity index is 1200. The van der Waals surface area contributed by atoms with E-state index in [0.717, 1.165) is 21.4 Å². The summed E-state index contributed by atoms with van der Waals surface area (Å²) >= 11 is 1.73. The van der Waals surface area contributed by atoms with Crippen molar-refractivity contribution < 1.29 is 19.1 Å². The summed E-state index contributed by atoms with van der Waals surface area (Å²) in [5.41, 5.74) is 3.85. The number of alkyl carbamates (subject to hydrolysis) is 1. The first-order valence-electron chi connectivity index (χ1n) is 10.4. The molecule has 1 aromatic heterocycles. The van der Waals surface area contributed by atoms with E-state index in [-0.39, 0.29) is 5.70 Å². The first-order chi connectivity index (χ1) is 15.0. The molecule has 1 N–H and O–H groups in total. The van der Waals surface area contributed by atoms with Gasteiger partial charge in [0.1, 0.15) is 11.3 Å². The van der Waals surface area contributed by atoms with Gasteiger partial charge >= 0.3 is 12.1 Å². The zero-order valence-electron chi connectivity index (χ0n) is 19.6. The first kappa shape index (κ1) is 23.5. The highest BCUT2D eigenvalue weighted by molar-refractivity contribution is 7.19. The van der Waals surface area contributed by atoms with Crippen LogP contribution in [0.1, 0.15) is 47.9 Å². The second-order valence-corrected chi connectivity index (χ2v) is 9.86. The Morgan fingerprint density at radius 1 is 0.938 bits per heavy atom. The van der Waals surface area contributed by atoms with Crippen LogP contribution in [0.25, 0.3) is 15.7 Å². The fourth-order valence-electron chi connectivity index (χ4n) is 3.57. The van der Waals surface area contributed by atoms with Crippen LogP contribution in [-0.2, 0) is 14.3 Å². The second kappa shape index (κ2) is 9.17. The number of carbonyl (C=O) groups is 2. The van der Waals surface area contributed by atoms with Crippen molar-refractivity contribution in [2.75, 3.05) is 7.11 Å². The van der Waals surface area contributed by atoms with Gasteiger partial charge in [-0.15, -0.1) is 11.3 Å². The summed E-state index contributed by atoms with van der Waals surface area (Å²) in [6.45, 7) is 11.6. The maximum Gasteiger partial charge on any atom is 0.412 e. The number of rotatable bonds is 4. The Morgan fingerprint density at radius 3 is 2.19 bits per heavy atom. The Labute approximate surface area is 193 Å². The summed E-state index contributed by atoms with van der Waals surface area (Å²) in [5, 5.41) is 3.86. The molecule has 2 aromatic carbocycles. The Kier molecular flexibility index (Phi) is 6.74. The summed E-state index contributed by atoms with van der Waals surface area (Å²) in [7, 11) is 1.30. The molecule has 0 unspecified atom stereocenters. The molecule has 0 bridgehead atoms. The number of aryl methyl sites for hydroxylation is 3. The Balaban J connectivity index is 2.30. The number of carbonyl (C=O) groups excluding carboxylic acids is 2. The topological polar surface area (TPSA) is 64.6 Å². The number of esters is 1. The number of fused-ring (bicyclic) bond motifs is 1. The molecule has 0 atom stereocenters. The van der Waals surface area contributed by atoms with Crippen molar-refractivity contribution in [2.45, 2.75) is 47.1 Å². The van der Waals surface area contributed by atoms with Crippen LogP contribution in [0.2, 0.25) is 0 Å². The number of benzene rings is 2. The zero-order chi connectivity index (χ0) is 23.6. The van der Waals surface area contributed by atoms with Crippen LogP contribution in [0.15, 0.2) is 48.2 Å². The molecule has 0 aliphatic rings. The van der Waals surface area contributed by atoms with Gasteiger partial charge in [0.05, 0.1) is 7.11 Å². The highest BCUT2D eigenvalue weighted by Gasteiger charge is 2.26. The summed E-state index contributed by atoms with van der Waals surface area (Å²) < 4.78 is 11.6. The van der Waals surface area contributed by atoms with Gasteiger partial charge in [-0.05, 0) is 69.2 Å². The first-order valence-corrected chi connectivity index (χ1v) is 11.2. The van der Waals surface area contributed by atoms with Gasteiger partial charge in [-0.25, -0.2) is 9.59 Å². The lowest BCUT2D eigenvalue weighted by Gasteiger charge is -2.22. The van der Waals surface area contributed by atoms with Crippen LogP contribution in [0, 0.1) is 20.8 Å². The van der Waals surface area contributed by atoms with Crippen molar-refractivity contribution in [3.8, 4) is 0 Å². The highest BCUT2D eigenvalue weighted by Crippen LogP contribution is 2.38. The van der Waals surface area contributed by atoms with E-state index in [2.05, 4.69) is 25.2 Å². The van der Waals surface area contributed by atoms with Gasteiger partial charge in [-0.1, -0.05) is 42.5 Å². The molecule has 0 radical (unpaired) electrons. The quantitative estimate of drug-likeness (QED) is 0.374. The predicted molar refractivity (Wildman–Crippen MR) is 130 cm³/mol. The minimum atomic E-state index is -0.715. The van der Waals surface area contributed by atoms with E-state index < -0.39 is 17.7 Å². The molecular formula is C26H29NO4S. The van der Waals surface area contributed by atoms with E-state index in [9.17, 15) is 9.59 Å². The summed E-state index contributed by atoms with van der Waals surface area (Å²) in [4.78, 5) is 26.8. The lowest BCUT2D eigenvalue weighted by atomic mass is 9.91. The molecule has 0 aliphatic carbocycles. The minimum Gasteiger partial charge on any atom is -0.464 e. The van der Waals surface area contributed by atoms with Gasteiger partial charge in [0.15, 0.2) is 0 Å². The number of nitrogens with one attached hydrogen (secondary N) is 1. The summed E-state index contributed by atoms with van der Waals surface area (Å²) in [5.74, 6) is -0.646. The van der Waals surface area contributed by atoms with Gasteiger partial charge in [0, 0.05) is 15.2 Å². The van der Waals surface area contributed by atoms with E-state index in [1.54, 1.807) is 32.1 Å². The molecular weight excluding hydrogens is 422 g/mol. The smallest absolute Gasteiger partial charge is 0.412 e.